The molecule has 2 aliphatic rings. The summed E-state index contributed by atoms with van der Waals surface area (Å²) in [7, 11) is 0. The molecule has 10 rings (SSSR count). The van der Waals surface area contributed by atoms with Crippen LogP contribution in [0.2, 0.25) is 0 Å². The molecule has 0 bridgehead atoms. The molecule has 220 valence electrons. The molecule has 0 fully saturated rings. The lowest BCUT2D eigenvalue weighted by Crippen LogP contribution is -2.06. The minimum absolute atomic E-state index is 0.428. The molecular formula is C43H27N3O. The van der Waals surface area contributed by atoms with Crippen LogP contribution >= 0.6 is 0 Å². The summed E-state index contributed by atoms with van der Waals surface area (Å²) in [5.41, 5.74) is 13.9. The van der Waals surface area contributed by atoms with Gasteiger partial charge in [-0.2, -0.15) is 0 Å². The molecule has 8 aromatic rings. The maximum absolute atomic E-state index is 6.20. The number of para-hydroxylation sites is 1. The van der Waals surface area contributed by atoms with Crippen LogP contribution in [0.4, 0.5) is 0 Å². The lowest BCUT2D eigenvalue weighted by Gasteiger charge is -2.23. The lowest BCUT2D eigenvalue weighted by atomic mass is 9.80. The van der Waals surface area contributed by atoms with Crippen molar-refractivity contribution in [2.75, 3.05) is 0 Å². The second kappa shape index (κ2) is 10.2. The van der Waals surface area contributed by atoms with Crippen molar-refractivity contribution < 1.29 is 4.42 Å². The molecule has 0 amide bonds. The van der Waals surface area contributed by atoms with Crippen LogP contribution in [0.1, 0.15) is 34.6 Å². The first-order valence-corrected chi connectivity index (χ1v) is 16.1. The van der Waals surface area contributed by atoms with Crippen molar-refractivity contribution >= 4 is 27.5 Å². The Morgan fingerprint density at radius 2 is 1.09 bits per heavy atom. The smallest absolute Gasteiger partial charge is 0.164 e. The van der Waals surface area contributed by atoms with Gasteiger partial charge in [0, 0.05) is 33.4 Å². The minimum atomic E-state index is 0.428. The number of nitrogens with zero attached hydrogens (tertiary/aromatic N) is 3. The van der Waals surface area contributed by atoms with Gasteiger partial charge in [0.15, 0.2) is 17.5 Å². The van der Waals surface area contributed by atoms with E-state index in [1.165, 1.54) is 39.0 Å². The Bertz CT molecular complexity index is 2540. The van der Waals surface area contributed by atoms with Crippen LogP contribution in [0.5, 0.6) is 0 Å². The van der Waals surface area contributed by atoms with Crippen LogP contribution in [0, 0.1) is 0 Å². The third-order valence-electron chi connectivity index (χ3n) is 9.69. The van der Waals surface area contributed by atoms with Crippen LogP contribution in [-0.4, -0.2) is 15.0 Å². The van der Waals surface area contributed by atoms with Gasteiger partial charge in [-0.1, -0.05) is 133 Å². The number of hydrogen-bond donors (Lipinski definition) is 0. The number of furan rings is 1. The Morgan fingerprint density at radius 1 is 0.468 bits per heavy atom. The second-order valence-corrected chi connectivity index (χ2v) is 12.3. The van der Waals surface area contributed by atoms with Gasteiger partial charge in [0.1, 0.15) is 11.2 Å². The highest BCUT2D eigenvalue weighted by molar-refractivity contribution is 6.11. The summed E-state index contributed by atoms with van der Waals surface area (Å²) in [6, 6.07) is 48.6. The van der Waals surface area contributed by atoms with E-state index in [1.807, 2.05) is 60.7 Å². The highest BCUT2D eigenvalue weighted by atomic mass is 16.3. The minimum Gasteiger partial charge on any atom is -0.456 e. The SMILES string of the molecule is C1=C(c2ccc(-c3nc(-c4ccccc4)nc(-c4cccc5oc6ccccc6c45)n3)cc2)c2cccc3c2C(C1)c1ccccc1-3. The molecule has 2 aliphatic carbocycles. The summed E-state index contributed by atoms with van der Waals surface area (Å²) in [6.45, 7) is 0. The van der Waals surface area contributed by atoms with Crippen molar-refractivity contribution in [3.05, 3.63) is 168 Å². The van der Waals surface area contributed by atoms with Crippen molar-refractivity contribution in [1.29, 1.82) is 0 Å². The zero-order valence-corrected chi connectivity index (χ0v) is 25.4. The van der Waals surface area contributed by atoms with Crippen LogP contribution < -0.4 is 0 Å². The molecule has 2 aromatic heterocycles. The molecule has 0 saturated heterocycles. The lowest BCUT2D eigenvalue weighted by molar-refractivity contribution is 0.669. The predicted molar refractivity (Wildman–Crippen MR) is 189 cm³/mol. The summed E-state index contributed by atoms with van der Waals surface area (Å²) >= 11 is 0. The summed E-state index contributed by atoms with van der Waals surface area (Å²) in [5, 5.41) is 2.05. The molecule has 0 radical (unpaired) electrons. The summed E-state index contributed by atoms with van der Waals surface area (Å²) < 4.78 is 6.20. The Hall–Kier alpha value is -6.13. The van der Waals surface area contributed by atoms with Gasteiger partial charge in [0.05, 0.1) is 0 Å². The van der Waals surface area contributed by atoms with Crippen molar-refractivity contribution in [2.24, 2.45) is 0 Å². The highest BCUT2D eigenvalue weighted by Crippen LogP contribution is 2.52. The number of aromatic nitrogens is 3. The molecule has 1 atom stereocenters. The van der Waals surface area contributed by atoms with E-state index in [1.54, 1.807) is 0 Å². The number of allylic oxidation sites excluding steroid dienone is 1. The van der Waals surface area contributed by atoms with E-state index in [2.05, 4.69) is 84.9 Å². The van der Waals surface area contributed by atoms with Gasteiger partial charge in [0.25, 0.3) is 0 Å². The topological polar surface area (TPSA) is 51.8 Å². The van der Waals surface area contributed by atoms with E-state index >= 15 is 0 Å². The van der Waals surface area contributed by atoms with E-state index in [9.17, 15) is 0 Å². The standard InChI is InChI=1S/C43H27N3O/c1-2-10-27(11-3-1)41-44-42(46-43(45-41)36-17-9-19-38-40(36)35-14-6-7-18-37(35)47-38)28-22-20-26(21-23-28)29-24-25-34-31-13-5-4-12-30(31)33-16-8-15-32(29)39(33)34/h1-24,34H,25H2. The Kier molecular flexibility index (Phi) is 5.67. The van der Waals surface area contributed by atoms with Gasteiger partial charge in [-0.25, -0.2) is 15.0 Å². The average molecular weight is 602 g/mol. The van der Waals surface area contributed by atoms with E-state index in [0.29, 0.717) is 23.4 Å². The maximum Gasteiger partial charge on any atom is 0.164 e. The molecular weight excluding hydrogens is 574 g/mol. The molecule has 0 aliphatic heterocycles. The summed E-state index contributed by atoms with van der Waals surface area (Å²) in [4.78, 5) is 15.1. The number of rotatable bonds is 4. The fourth-order valence-corrected chi connectivity index (χ4v) is 7.58. The van der Waals surface area contributed by atoms with Gasteiger partial charge in [-0.3, -0.25) is 0 Å². The fourth-order valence-electron chi connectivity index (χ4n) is 7.58. The van der Waals surface area contributed by atoms with Gasteiger partial charge in [0.2, 0.25) is 0 Å². The number of fused-ring (bicyclic) bond motifs is 6. The van der Waals surface area contributed by atoms with Crippen molar-refractivity contribution in [3.8, 4) is 45.3 Å². The monoisotopic (exact) mass is 601 g/mol. The first-order chi connectivity index (χ1) is 23.3. The quantitative estimate of drug-likeness (QED) is 0.201. The molecule has 0 N–H and O–H groups in total. The number of hydrogen-bond acceptors (Lipinski definition) is 4. The maximum atomic E-state index is 6.20. The van der Waals surface area contributed by atoms with Crippen molar-refractivity contribution in [2.45, 2.75) is 12.3 Å². The van der Waals surface area contributed by atoms with Gasteiger partial charge in [-0.05, 0) is 57.5 Å². The van der Waals surface area contributed by atoms with E-state index in [0.717, 1.165) is 45.0 Å². The molecule has 47 heavy (non-hydrogen) atoms. The van der Waals surface area contributed by atoms with Gasteiger partial charge < -0.3 is 4.42 Å². The molecule has 1 unspecified atom stereocenters. The third kappa shape index (κ3) is 4.05. The van der Waals surface area contributed by atoms with Crippen LogP contribution in [0.15, 0.2) is 150 Å². The van der Waals surface area contributed by atoms with Crippen LogP contribution in [-0.2, 0) is 0 Å². The molecule has 6 aromatic carbocycles. The fraction of sp³-hybridized carbons (Fsp3) is 0.0465. The Morgan fingerprint density at radius 3 is 1.96 bits per heavy atom. The Balaban J connectivity index is 1.09. The van der Waals surface area contributed by atoms with Crippen LogP contribution in [0.3, 0.4) is 0 Å². The zero-order valence-electron chi connectivity index (χ0n) is 25.4. The molecule has 0 saturated carbocycles. The van der Waals surface area contributed by atoms with E-state index in [-0.39, 0.29) is 0 Å². The molecule has 0 spiro atoms. The summed E-state index contributed by atoms with van der Waals surface area (Å²) in [5.74, 6) is 2.33. The van der Waals surface area contributed by atoms with Crippen molar-refractivity contribution in [1.82, 2.24) is 15.0 Å². The average Bonchev–Trinajstić information content (AvgIpc) is 3.69. The van der Waals surface area contributed by atoms with Crippen molar-refractivity contribution in [3.63, 3.8) is 0 Å². The first-order valence-electron chi connectivity index (χ1n) is 16.1. The third-order valence-corrected chi connectivity index (χ3v) is 9.69. The first kappa shape index (κ1) is 26.1. The van der Waals surface area contributed by atoms with E-state index < -0.39 is 0 Å². The normalized spacial score (nSPS) is 14.6. The molecule has 4 heteroatoms. The largest absolute Gasteiger partial charge is 0.456 e. The Labute approximate surface area is 271 Å². The summed E-state index contributed by atoms with van der Waals surface area (Å²) in [6.07, 6.45) is 3.42. The zero-order chi connectivity index (χ0) is 30.9. The van der Waals surface area contributed by atoms with Crippen LogP contribution in [0.25, 0.3) is 72.8 Å². The number of benzene rings is 6. The molecule has 2 heterocycles. The molecule has 4 nitrogen and oxygen atoms in total. The second-order valence-electron chi connectivity index (χ2n) is 12.3. The highest BCUT2D eigenvalue weighted by Gasteiger charge is 2.33. The van der Waals surface area contributed by atoms with E-state index in [4.69, 9.17) is 19.4 Å². The van der Waals surface area contributed by atoms with Gasteiger partial charge >= 0.3 is 0 Å². The predicted octanol–water partition coefficient (Wildman–Crippen LogP) is 10.7. The van der Waals surface area contributed by atoms with Gasteiger partial charge in [-0.15, -0.1) is 0 Å².